The van der Waals surface area contributed by atoms with Crippen molar-refractivity contribution in [2.75, 3.05) is 37.9 Å². The number of nitrogens with zero attached hydrogens (tertiary/aromatic N) is 4. The molecular weight excluding hydrogens is 504 g/mol. The van der Waals surface area contributed by atoms with Gasteiger partial charge < -0.3 is 29.9 Å². The van der Waals surface area contributed by atoms with Crippen LogP contribution in [-0.2, 0) is 6.54 Å². The van der Waals surface area contributed by atoms with E-state index in [-0.39, 0.29) is 12.0 Å². The second-order valence-electron chi connectivity index (χ2n) is 9.95. The van der Waals surface area contributed by atoms with Crippen molar-refractivity contribution in [3.8, 4) is 11.5 Å². The van der Waals surface area contributed by atoms with E-state index in [4.69, 9.17) is 21.1 Å². The molecule has 5 rings (SSSR count). The Labute approximate surface area is 228 Å². The highest BCUT2D eigenvalue weighted by atomic mass is 35.5. The Morgan fingerprint density at radius 3 is 2.63 bits per heavy atom. The number of methoxy groups -OCH3 is 1. The minimum atomic E-state index is -0.0388. The van der Waals surface area contributed by atoms with Gasteiger partial charge in [0, 0.05) is 38.8 Å². The number of benzene rings is 2. The molecule has 3 aromatic rings. The molecule has 1 aromatic heterocycles. The highest BCUT2D eigenvalue weighted by Crippen LogP contribution is 2.35. The van der Waals surface area contributed by atoms with Crippen molar-refractivity contribution in [3.63, 3.8) is 0 Å². The molecule has 200 valence electrons. The number of anilines is 4. The SMILES string of the molecule is COc1ccc(OC2CCN(C(C)C)CC2)cc1Nc1ncc(Cl)c(Nc2cccc3c2C(=O)N(C)C3)n1. The van der Waals surface area contributed by atoms with E-state index in [1.165, 1.54) is 6.20 Å². The van der Waals surface area contributed by atoms with Crippen LogP contribution in [0.25, 0.3) is 0 Å². The van der Waals surface area contributed by atoms with Crippen molar-refractivity contribution in [2.45, 2.75) is 45.4 Å². The lowest BCUT2D eigenvalue weighted by atomic mass is 10.1. The number of aromatic nitrogens is 2. The number of carbonyl (C=O) groups is 1. The number of carbonyl (C=O) groups excluding carboxylic acids is 1. The van der Waals surface area contributed by atoms with Crippen molar-refractivity contribution >= 4 is 40.6 Å². The Kier molecular flexibility index (Phi) is 7.58. The zero-order chi connectivity index (χ0) is 26.8. The van der Waals surface area contributed by atoms with Gasteiger partial charge in [-0.25, -0.2) is 4.98 Å². The number of nitrogens with one attached hydrogen (secondary N) is 2. The van der Waals surface area contributed by atoms with Crippen LogP contribution in [-0.4, -0.2) is 65.1 Å². The lowest BCUT2D eigenvalue weighted by Gasteiger charge is -2.34. The van der Waals surface area contributed by atoms with Crippen LogP contribution >= 0.6 is 11.6 Å². The quantitative estimate of drug-likeness (QED) is 0.392. The summed E-state index contributed by atoms with van der Waals surface area (Å²) in [6.45, 7) is 7.10. The molecule has 38 heavy (non-hydrogen) atoms. The fourth-order valence-electron chi connectivity index (χ4n) is 4.93. The Morgan fingerprint density at radius 1 is 1.11 bits per heavy atom. The van der Waals surface area contributed by atoms with Crippen molar-refractivity contribution < 1.29 is 14.3 Å². The van der Waals surface area contributed by atoms with Gasteiger partial charge in [0.1, 0.15) is 22.6 Å². The standard InChI is InChI=1S/C28H33ClN6O3/c1-17(2)35-12-10-19(11-13-35)38-20-8-9-24(37-4)23(14-20)32-28-30-15-21(29)26(33-28)31-22-7-5-6-18-16-34(3)27(36)25(18)22/h5-9,14-15,17,19H,10-13,16H2,1-4H3,(H2,30,31,32,33). The van der Waals surface area contributed by atoms with Crippen LogP contribution in [0.3, 0.4) is 0 Å². The first-order valence-electron chi connectivity index (χ1n) is 12.8. The molecule has 10 heteroatoms. The molecule has 0 bridgehead atoms. The summed E-state index contributed by atoms with van der Waals surface area (Å²) in [5, 5.41) is 6.80. The van der Waals surface area contributed by atoms with Gasteiger partial charge in [-0.1, -0.05) is 23.7 Å². The van der Waals surface area contributed by atoms with Gasteiger partial charge >= 0.3 is 0 Å². The average molecular weight is 537 g/mol. The summed E-state index contributed by atoms with van der Waals surface area (Å²) in [5.41, 5.74) is 2.92. The van der Waals surface area contributed by atoms with Gasteiger partial charge in [0.2, 0.25) is 5.95 Å². The average Bonchev–Trinajstić information content (AvgIpc) is 3.20. The highest BCUT2D eigenvalue weighted by Gasteiger charge is 2.28. The number of halogens is 1. The smallest absolute Gasteiger partial charge is 0.256 e. The molecule has 1 fully saturated rings. The fourth-order valence-corrected chi connectivity index (χ4v) is 5.07. The maximum Gasteiger partial charge on any atom is 0.256 e. The van der Waals surface area contributed by atoms with Crippen LogP contribution in [0.1, 0.15) is 42.6 Å². The Hall–Kier alpha value is -3.56. The molecule has 2 aromatic carbocycles. The third kappa shape index (κ3) is 5.49. The molecular formula is C28H33ClN6O3. The first-order chi connectivity index (χ1) is 18.3. The van der Waals surface area contributed by atoms with E-state index >= 15 is 0 Å². The van der Waals surface area contributed by atoms with Gasteiger partial charge in [-0.2, -0.15) is 4.98 Å². The number of amides is 1. The Balaban J connectivity index is 1.33. The molecule has 0 unspecified atom stereocenters. The third-order valence-electron chi connectivity index (χ3n) is 7.04. The molecule has 0 radical (unpaired) electrons. The summed E-state index contributed by atoms with van der Waals surface area (Å²) in [7, 11) is 3.40. The second kappa shape index (κ2) is 11.0. The number of fused-ring (bicyclic) bond motifs is 1. The van der Waals surface area contributed by atoms with E-state index in [0.29, 0.717) is 52.1 Å². The van der Waals surface area contributed by atoms with E-state index in [9.17, 15) is 4.79 Å². The van der Waals surface area contributed by atoms with Crippen molar-refractivity contribution in [1.29, 1.82) is 0 Å². The largest absolute Gasteiger partial charge is 0.495 e. The highest BCUT2D eigenvalue weighted by molar-refractivity contribution is 6.33. The second-order valence-corrected chi connectivity index (χ2v) is 10.4. The van der Waals surface area contributed by atoms with E-state index in [1.54, 1.807) is 19.1 Å². The van der Waals surface area contributed by atoms with Gasteiger partial charge in [-0.05, 0) is 50.5 Å². The Morgan fingerprint density at radius 2 is 1.89 bits per heavy atom. The van der Waals surface area contributed by atoms with Crippen LogP contribution in [0.2, 0.25) is 5.02 Å². The van der Waals surface area contributed by atoms with Crippen LogP contribution in [0.4, 0.5) is 23.1 Å². The summed E-state index contributed by atoms with van der Waals surface area (Å²) >= 11 is 6.43. The lowest BCUT2D eigenvalue weighted by Crippen LogP contribution is -2.41. The zero-order valence-corrected chi connectivity index (χ0v) is 22.9. The summed E-state index contributed by atoms with van der Waals surface area (Å²) in [4.78, 5) is 25.8. The molecule has 1 saturated heterocycles. The van der Waals surface area contributed by atoms with Crippen molar-refractivity contribution in [3.05, 3.63) is 58.7 Å². The maximum atomic E-state index is 12.7. The number of likely N-dealkylation sites (tertiary alicyclic amines) is 1. The number of piperidine rings is 1. The molecule has 3 heterocycles. The van der Waals surface area contributed by atoms with Crippen LogP contribution < -0.4 is 20.1 Å². The molecule has 0 atom stereocenters. The van der Waals surface area contributed by atoms with E-state index in [2.05, 4.69) is 39.3 Å². The first-order valence-corrected chi connectivity index (χ1v) is 13.2. The van der Waals surface area contributed by atoms with Crippen molar-refractivity contribution in [2.24, 2.45) is 0 Å². The maximum absolute atomic E-state index is 12.7. The van der Waals surface area contributed by atoms with E-state index in [1.807, 2.05) is 36.4 Å². The van der Waals surface area contributed by atoms with Gasteiger partial charge in [0.05, 0.1) is 30.2 Å². The summed E-state index contributed by atoms with van der Waals surface area (Å²) < 4.78 is 11.9. The summed E-state index contributed by atoms with van der Waals surface area (Å²) in [5.74, 6) is 2.07. The van der Waals surface area contributed by atoms with E-state index < -0.39 is 0 Å². The number of ether oxygens (including phenoxy) is 2. The molecule has 2 aliphatic heterocycles. The zero-order valence-electron chi connectivity index (χ0n) is 22.1. The molecule has 1 amide bonds. The minimum Gasteiger partial charge on any atom is -0.495 e. The Bertz CT molecular complexity index is 1330. The molecule has 0 spiro atoms. The molecule has 0 aliphatic carbocycles. The summed E-state index contributed by atoms with van der Waals surface area (Å²) in [6.07, 6.45) is 3.67. The number of hydrogen-bond donors (Lipinski definition) is 2. The van der Waals surface area contributed by atoms with Crippen LogP contribution in [0.5, 0.6) is 11.5 Å². The molecule has 2 N–H and O–H groups in total. The normalized spacial score (nSPS) is 16.1. The number of hydrogen-bond acceptors (Lipinski definition) is 8. The predicted octanol–water partition coefficient (Wildman–Crippen LogP) is 5.46. The molecule has 0 saturated carbocycles. The van der Waals surface area contributed by atoms with Gasteiger partial charge in [-0.3, -0.25) is 4.79 Å². The predicted molar refractivity (Wildman–Crippen MR) is 149 cm³/mol. The monoisotopic (exact) mass is 536 g/mol. The van der Waals surface area contributed by atoms with Gasteiger partial charge in [-0.15, -0.1) is 0 Å². The summed E-state index contributed by atoms with van der Waals surface area (Å²) in [6, 6.07) is 11.9. The van der Waals surface area contributed by atoms with Gasteiger partial charge in [0.25, 0.3) is 5.91 Å². The first kappa shape index (κ1) is 26.1. The third-order valence-corrected chi connectivity index (χ3v) is 7.32. The molecule has 9 nitrogen and oxygen atoms in total. The van der Waals surface area contributed by atoms with Crippen molar-refractivity contribution in [1.82, 2.24) is 19.8 Å². The molecule has 2 aliphatic rings. The minimum absolute atomic E-state index is 0.0388. The van der Waals surface area contributed by atoms with Crippen LogP contribution in [0, 0.1) is 0 Å². The van der Waals surface area contributed by atoms with Crippen LogP contribution in [0.15, 0.2) is 42.6 Å². The topological polar surface area (TPSA) is 91.8 Å². The number of rotatable bonds is 8. The van der Waals surface area contributed by atoms with E-state index in [0.717, 1.165) is 37.2 Å². The fraction of sp³-hybridized carbons (Fsp3) is 0.393. The van der Waals surface area contributed by atoms with Gasteiger partial charge in [0.15, 0.2) is 5.82 Å². The lowest BCUT2D eigenvalue weighted by molar-refractivity contribution is 0.0816.